The summed E-state index contributed by atoms with van der Waals surface area (Å²) in [7, 11) is 0. The molecule has 0 unspecified atom stereocenters. The first kappa shape index (κ1) is 18.8. The number of aromatic nitrogens is 2. The fraction of sp³-hybridized carbons (Fsp3) is 0.333. The quantitative estimate of drug-likeness (QED) is 0.499. The van der Waals surface area contributed by atoms with Gasteiger partial charge in [-0.1, -0.05) is 68.4 Å². The van der Waals surface area contributed by atoms with Crippen molar-refractivity contribution in [3.8, 4) is 0 Å². The van der Waals surface area contributed by atoms with E-state index in [9.17, 15) is 0 Å². The second kappa shape index (κ2) is 12.8. The zero-order valence-corrected chi connectivity index (χ0v) is 14.2. The molecule has 2 aromatic rings. The first-order valence-electron chi connectivity index (χ1n) is 6.40. The van der Waals surface area contributed by atoms with Crippen molar-refractivity contribution in [1.82, 2.24) is 9.97 Å². The molecule has 0 saturated carbocycles. The van der Waals surface area contributed by atoms with Gasteiger partial charge in [0.05, 0.1) is 0 Å². The Labute approximate surface area is 130 Å². The van der Waals surface area contributed by atoms with Crippen molar-refractivity contribution in [1.29, 1.82) is 0 Å². The highest BCUT2D eigenvalue weighted by atomic mass is 32.2. The van der Waals surface area contributed by atoms with E-state index in [-0.39, 0.29) is 0 Å². The van der Waals surface area contributed by atoms with E-state index in [0.717, 1.165) is 10.2 Å². The minimum absolute atomic E-state index is 0.536. The number of hydrogen-bond donors (Lipinski definition) is 1. The zero-order valence-electron chi connectivity index (χ0n) is 12.5. The number of nitrogen functional groups attached to an aromatic ring is 1. The van der Waals surface area contributed by atoms with Crippen LogP contribution in [0.3, 0.4) is 0 Å². The van der Waals surface area contributed by atoms with Gasteiger partial charge in [0.1, 0.15) is 10.8 Å². The summed E-state index contributed by atoms with van der Waals surface area (Å²) in [4.78, 5) is 8.22. The Morgan fingerprint density at radius 1 is 0.900 bits per heavy atom. The Balaban J connectivity index is 0.000000336. The smallest absolute Gasteiger partial charge is 0.190 e. The van der Waals surface area contributed by atoms with Gasteiger partial charge in [-0.3, -0.25) is 0 Å². The lowest BCUT2D eigenvalue weighted by Gasteiger charge is -1.99. The molecule has 0 radical (unpaired) electrons. The molecule has 0 bridgehead atoms. The molecule has 20 heavy (non-hydrogen) atoms. The summed E-state index contributed by atoms with van der Waals surface area (Å²) in [5.41, 5.74) is 5.53. The Morgan fingerprint density at radius 3 is 1.70 bits per heavy atom. The molecule has 3 nitrogen and oxygen atoms in total. The van der Waals surface area contributed by atoms with Crippen molar-refractivity contribution < 1.29 is 0 Å². The van der Waals surface area contributed by atoms with Crippen molar-refractivity contribution in [2.24, 2.45) is 0 Å². The highest BCUT2D eigenvalue weighted by Crippen LogP contribution is 2.17. The standard InChI is InChI=1S/C6H9N3S2.C6H6.C3H8/c1-10-5-3-4(7)8-6(9-5)11-2;1-2-4-6-5-3-1;1-3-2/h3H,1-2H3,(H2,7,8,9);1-6H;3H2,1-2H3. The number of nitrogens with zero attached hydrogens (tertiary/aromatic N) is 2. The molecular weight excluding hydrogens is 286 g/mol. The predicted molar refractivity (Wildman–Crippen MR) is 92.4 cm³/mol. The summed E-state index contributed by atoms with van der Waals surface area (Å²) >= 11 is 3.06. The molecule has 0 fully saturated rings. The predicted octanol–water partition coefficient (Wildman–Crippen LogP) is 4.61. The summed E-state index contributed by atoms with van der Waals surface area (Å²) in [6.45, 7) is 4.25. The van der Waals surface area contributed by atoms with Crippen LogP contribution in [0.4, 0.5) is 5.82 Å². The van der Waals surface area contributed by atoms with E-state index in [1.165, 1.54) is 18.2 Å². The third-order valence-electron chi connectivity index (χ3n) is 1.76. The lowest BCUT2D eigenvalue weighted by atomic mass is 10.4. The molecule has 0 aliphatic carbocycles. The topological polar surface area (TPSA) is 51.8 Å². The molecule has 0 atom stereocenters. The van der Waals surface area contributed by atoms with Gasteiger partial charge in [0, 0.05) is 6.07 Å². The van der Waals surface area contributed by atoms with Crippen LogP contribution in [-0.2, 0) is 0 Å². The summed E-state index contributed by atoms with van der Waals surface area (Å²) in [6.07, 6.45) is 5.14. The van der Waals surface area contributed by atoms with Gasteiger partial charge in [-0.25, -0.2) is 9.97 Å². The van der Waals surface area contributed by atoms with Gasteiger partial charge in [0.15, 0.2) is 5.16 Å². The van der Waals surface area contributed by atoms with E-state index >= 15 is 0 Å². The Hall–Kier alpha value is -1.20. The maximum absolute atomic E-state index is 5.53. The van der Waals surface area contributed by atoms with Gasteiger partial charge in [0.2, 0.25) is 0 Å². The van der Waals surface area contributed by atoms with Crippen LogP contribution in [0.25, 0.3) is 0 Å². The van der Waals surface area contributed by atoms with Crippen LogP contribution in [0.15, 0.2) is 52.6 Å². The maximum atomic E-state index is 5.53. The lowest BCUT2D eigenvalue weighted by Crippen LogP contribution is -1.95. The molecule has 1 aromatic carbocycles. The van der Waals surface area contributed by atoms with Gasteiger partial charge >= 0.3 is 0 Å². The van der Waals surface area contributed by atoms with Crippen LogP contribution < -0.4 is 5.73 Å². The Kier molecular flexibility index (Phi) is 12.0. The van der Waals surface area contributed by atoms with Gasteiger partial charge in [-0.2, -0.15) is 0 Å². The average Bonchev–Trinajstić information content (AvgIpc) is 2.49. The van der Waals surface area contributed by atoms with E-state index in [1.54, 1.807) is 17.8 Å². The first-order valence-corrected chi connectivity index (χ1v) is 8.85. The molecule has 0 aliphatic rings. The second-order valence-corrected chi connectivity index (χ2v) is 5.28. The van der Waals surface area contributed by atoms with E-state index < -0.39 is 0 Å². The minimum Gasteiger partial charge on any atom is -0.384 e. The van der Waals surface area contributed by atoms with Crippen LogP contribution in [0.2, 0.25) is 0 Å². The highest BCUT2D eigenvalue weighted by molar-refractivity contribution is 7.99. The van der Waals surface area contributed by atoms with E-state index in [0.29, 0.717) is 5.82 Å². The normalized spacial score (nSPS) is 8.80. The largest absolute Gasteiger partial charge is 0.384 e. The molecule has 0 aliphatic heterocycles. The van der Waals surface area contributed by atoms with Crippen LogP contribution in [0, 0.1) is 0 Å². The van der Waals surface area contributed by atoms with Crippen LogP contribution >= 0.6 is 23.5 Å². The van der Waals surface area contributed by atoms with E-state index in [1.807, 2.05) is 48.9 Å². The molecule has 110 valence electrons. The monoisotopic (exact) mass is 309 g/mol. The van der Waals surface area contributed by atoms with Gasteiger partial charge in [0.25, 0.3) is 0 Å². The number of rotatable bonds is 2. The third-order valence-corrected chi connectivity index (χ3v) is 2.94. The number of hydrogen-bond acceptors (Lipinski definition) is 5. The summed E-state index contributed by atoms with van der Waals surface area (Å²) < 4.78 is 0. The van der Waals surface area contributed by atoms with Crippen molar-refractivity contribution in [3.05, 3.63) is 42.5 Å². The first-order chi connectivity index (χ1) is 9.67. The SMILES string of the molecule is CCC.CSc1cc(N)nc(SC)n1.c1ccccc1. The number of benzene rings is 1. The molecular formula is C15H23N3S2. The van der Waals surface area contributed by atoms with Crippen molar-refractivity contribution >= 4 is 29.3 Å². The molecule has 0 amide bonds. The highest BCUT2D eigenvalue weighted by Gasteiger charge is 1.98. The molecule has 0 spiro atoms. The van der Waals surface area contributed by atoms with Gasteiger partial charge in [-0.15, -0.1) is 11.8 Å². The lowest BCUT2D eigenvalue weighted by molar-refractivity contribution is 0.903. The summed E-state index contributed by atoms with van der Waals surface area (Å²) in [6, 6.07) is 13.8. The van der Waals surface area contributed by atoms with Crippen molar-refractivity contribution in [3.63, 3.8) is 0 Å². The van der Waals surface area contributed by atoms with Gasteiger partial charge in [-0.05, 0) is 12.5 Å². The van der Waals surface area contributed by atoms with E-state index in [2.05, 4.69) is 23.8 Å². The molecule has 1 aromatic heterocycles. The second-order valence-electron chi connectivity index (χ2n) is 3.68. The fourth-order valence-corrected chi connectivity index (χ4v) is 1.86. The molecule has 2 N–H and O–H groups in total. The van der Waals surface area contributed by atoms with Crippen LogP contribution in [-0.4, -0.2) is 22.5 Å². The third kappa shape index (κ3) is 9.69. The minimum atomic E-state index is 0.536. The van der Waals surface area contributed by atoms with Crippen LogP contribution in [0.1, 0.15) is 20.3 Å². The summed E-state index contributed by atoms with van der Waals surface area (Å²) in [5.74, 6) is 0.536. The number of thioether (sulfide) groups is 2. The summed E-state index contributed by atoms with van der Waals surface area (Å²) in [5, 5.41) is 1.65. The maximum Gasteiger partial charge on any atom is 0.190 e. The van der Waals surface area contributed by atoms with Crippen LogP contribution in [0.5, 0.6) is 0 Å². The fourth-order valence-electron chi connectivity index (χ4n) is 1.00. The van der Waals surface area contributed by atoms with Crippen molar-refractivity contribution in [2.75, 3.05) is 18.2 Å². The molecule has 1 heterocycles. The van der Waals surface area contributed by atoms with Crippen molar-refractivity contribution in [2.45, 2.75) is 30.5 Å². The average molecular weight is 310 g/mol. The Bertz CT molecular complexity index is 401. The zero-order chi connectivity index (χ0) is 15.2. The molecule has 2 rings (SSSR count). The Morgan fingerprint density at radius 2 is 1.35 bits per heavy atom. The molecule has 0 saturated heterocycles. The van der Waals surface area contributed by atoms with Gasteiger partial charge < -0.3 is 5.73 Å². The van der Waals surface area contributed by atoms with E-state index in [4.69, 9.17) is 5.73 Å². The number of anilines is 1. The number of nitrogens with two attached hydrogens (primary N) is 1. The molecule has 5 heteroatoms.